The largest absolute Gasteiger partial charge is 0.369 e. The van der Waals surface area contributed by atoms with Gasteiger partial charge in [-0.25, -0.2) is 0 Å². The molecule has 1 atom stereocenters. The second-order valence-corrected chi connectivity index (χ2v) is 5.28. The van der Waals surface area contributed by atoms with Crippen LogP contribution in [0.3, 0.4) is 0 Å². The zero-order chi connectivity index (χ0) is 14.7. The highest BCUT2D eigenvalue weighted by molar-refractivity contribution is 5.94. The molecule has 1 aromatic rings. The predicted molar refractivity (Wildman–Crippen MR) is 75.1 cm³/mol. The van der Waals surface area contributed by atoms with Gasteiger partial charge in [-0.15, -0.1) is 0 Å². The molecule has 1 aromatic heterocycles. The van der Waals surface area contributed by atoms with E-state index in [0.717, 1.165) is 12.1 Å². The normalized spacial score (nSPS) is 20.5. The monoisotopic (exact) mass is 276 g/mol. The molecule has 1 saturated heterocycles. The number of nitrogens with zero attached hydrogens (tertiary/aromatic N) is 3. The summed E-state index contributed by atoms with van der Waals surface area (Å²) in [5, 5.41) is 0. The van der Waals surface area contributed by atoms with Gasteiger partial charge in [0.15, 0.2) is 0 Å². The number of rotatable bonds is 2. The maximum Gasteiger partial charge on any atom is 0.272 e. The van der Waals surface area contributed by atoms with Crippen molar-refractivity contribution >= 4 is 11.8 Å². The Hall–Kier alpha value is -1.95. The highest BCUT2D eigenvalue weighted by Crippen LogP contribution is 2.13. The highest BCUT2D eigenvalue weighted by atomic mass is 16.2. The molecule has 0 aromatic carbocycles. The molecule has 6 nitrogen and oxygen atoms in total. The second kappa shape index (κ2) is 6.00. The third-order valence-electron chi connectivity index (χ3n) is 3.63. The van der Waals surface area contributed by atoms with Crippen molar-refractivity contribution in [3.05, 3.63) is 29.6 Å². The van der Waals surface area contributed by atoms with E-state index >= 15 is 0 Å². The topological polar surface area (TPSA) is 79.5 Å². The van der Waals surface area contributed by atoms with Crippen molar-refractivity contribution in [2.45, 2.75) is 6.92 Å². The number of primary amides is 1. The van der Waals surface area contributed by atoms with E-state index in [4.69, 9.17) is 5.73 Å². The third kappa shape index (κ3) is 3.14. The number of hydrogen-bond acceptors (Lipinski definition) is 4. The van der Waals surface area contributed by atoms with Crippen molar-refractivity contribution in [3.63, 3.8) is 0 Å². The average Bonchev–Trinajstić information content (AvgIpc) is 2.61. The van der Waals surface area contributed by atoms with E-state index in [1.54, 1.807) is 17.2 Å². The van der Waals surface area contributed by atoms with Crippen molar-refractivity contribution < 1.29 is 9.59 Å². The summed E-state index contributed by atoms with van der Waals surface area (Å²) in [5.74, 6) is -0.839. The van der Waals surface area contributed by atoms with E-state index in [2.05, 4.69) is 4.98 Å². The Kier molecular flexibility index (Phi) is 4.34. The molecule has 2 N–H and O–H groups in total. The average molecular weight is 276 g/mol. The number of hydrogen-bond donors (Lipinski definition) is 1. The third-order valence-corrected chi connectivity index (χ3v) is 3.63. The first-order valence-corrected chi connectivity index (χ1v) is 6.67. The molecule has 0 aliphatic carbocycles. The Bertz CT molecular complexity index is 518. The van der Waals surface area contributed by atoms with Gasteiger partial charge in [-0.2, -0.15) is 0 Å². The minimum atomic E-state index is -0.366. The van der Waals surface area contributed by atoms with Crippen LogP contribution in [0.15, 0.2) is 18.3 Å². The van der Waals surface area contributed by atoms with E-state index < -0.39 is 0 Å². The van der Waals surface area contributed by atoms with E-state index in [1.807, 2.05) is 24.9 Å². The summed E-state index contributed by atoms with van der Waals surface area (Å²) in [6.45, 7) is 4.10. The van der Waals surface area contributed by atoms with Gasteiger partial charge in [0.1, 0.15) is 5.69 Å². The number of carbonyl (C=O) groups is 2. The van der Waals surface area contributed by atoms with Gasteiger partial charge in [0.2, 0.25) is 5.91 Å². The molecule has 0 unspecified atom stereocenters. The van der Waals surface area contributed by atoms with Crippen LogP contribution in [0.25, 0.3) is 0 Å². The number of likely N-dealkylation sites (N-methyl/N-ethyl adjacent to an activating group) is 1. The van der Waals surface area contributed by atoms with Crippen LogP contribution in [0.4, 0.5) is 0 Å². The Morgan fingerprint density at radius 3 is 2.75 bits per heavy atom. The van der Waals surface area contributed by atoms with Gasteiger partial charge in [-0.3, -0.25) is 14.6 Å². The number of amides is 2. The standard InChI is InChI=1S/C14H20N4O2/c1-10-4-3-5-16-12(10)14(20)18-7-6-17(2)8-11(9-18)13(15)19/h3-5,11H,6-9H2,1-2H3,(H2,15,19)/t11-/m1/s1. The van der Waals surface area contributed by atoms with Crippen LogP contribution < -0.4 is 5.73 Å². The summed E-state index contributed by atoms with van der Waals surface area (Å²) in [6.07, 6.45) is 1.61. The summed E-state index contributed by atoms with van der Waals surface area (Å²) in [7, 11) is 1.93. The number of aryl methyl sites for hydroxylation is 1. The summed E-state index contributed by atoms with van der Waals surface area (Å²) in [4.78, 5) is 31.9. The van der Waals surface area contributed by atoms with Crippen LogP contribution in [-0.4, -0.2) is 59.8 Å². The molecule has 0 saturated carbocycles. The summed E-state index contributed by atoms with van der Waals surface area (Å²) >= 11 is 0. The Morgan fingerprint density at radius 2 is 2.10 bits per heavy atom. The van der Waals surface area contributed by atoms with Crippen LogP contribution in [0.2, 0.25) is 0 Å². The number of pyridine rings is 1. The fourth-order valence-corrected chi connectivity index (χ4v) is 2.40. The molecule has 2 rings (SSSR count). The molecular weight excluding hydrogens is 256 g/mol. The summed E-state index contributed by atoms with van der Waals surface area (Å²) in [6, 6.07) is 3.66. The van der Waals surface area contributed by atoms with Gasteiger partial charge in [0.05, 0.1) is 5.92 Å². The molecule has 108 valence electrons. The maximum atomic E-state index is 12.5. The lowest BCUT2D eigenvalue weighted by Crippen LogP contribution is -2.40. The fourth-order valence-electron chi connectivity index (χ4n) is 2.40. The maximum absolute atomic E-state index is 12.5. The lowest BCUT2D eigenvalue weighted by molar-refractivity contribution is -0.122. The molecule has 0 bridgehead atoms. The van der Waals surface area contributed by atoms with Crippen LogP contribution in [0, 0.1) is 12.8 Å². The van der Waals surface area contributed by atoms with Gasteiger partial charge in [0.25, 0.3) is 5.91 Å². The van der Waals surface area contributed by atoms with Crippen LogP contribution in [0.5, 0.6) is 0 Å². The molecule has 20 heavy (non-hydrogen) atoms. The second-order valence-electron chi connectivity index (χ2n) is 5.28. The number of carbonyl (C=O) groups excluding carboxylic acids is 2. The van der Waals surface area contributed by atoms with E-state index in [9.17, 15) is 9.59 Å². The number of nitrogens with two attached hydrogens (primary N) is 1. The van der Waals surface area contributed by atoms with Crippen LogP contribution >= 0.6 is 0 Å². The summed E-state index contributed by atoms with van der Waals surface area (Å²) in [5.41, 5.74) is 6.69. The first-order chi connectivity index (χ1) is 9.49. The van der Waals surface area contributed by atoms with Crippen molar-refractivity contribution in [2.24, 2.45) is 11.7 Å². The van der Waals surface area contributed by atoms with Crippen molar-refractivity contribution in [1.29, 1.82) is 0 Å². The smallest absolute Gasteiger partial charge is 0.272 e. The quantitative estimate of drug-likeness (QED) is 0.816. The van der Waals surface area contributed by atoms with E-state index in [-0.39, 0.29) is 17.7 Å². The molecule has 6 heteroatoms. The minimum Gasteiger partial charge on any atom is -0.369 e. The molecule has 1 fully saturated rings. The van der Waals surface area contributed by atoms with Gasteiger partial charge in [0, 0.05) is 32.4 Å². The van der Waals surface area contributed by atoms with E-state index in [0.29, 0.717) is 25.3 Å². The molecule has 2 heterocycles. The SMILES string of the molecule is Cc1cccnc1C(=O)N1CCN(C)C[C@@H](C(N)=O)C1. The lowest BCUT2D eigenvalue weighted by Gasteiger charge is -2.22. The first kappa shape index (κ1) is 14.5. The first-order valence-electron chi connectivity index (χ1n) is 6.67. The Balaban J connectivity index is 2.20. The van der Waals surface area contributed by atoms with Gasteiger partial charge >= 0.3 is 0 Å². The van der Waals surface area contributed by atoms with Crippen molar-refractivity contribution in [2.75, 3.05) is 33.2 Å². The minimum absolute atomic E-state index is 0.135. The van der Waals surface area contributed by atoms with Crippen LogP contribution in [0.1, 0.15) is 16.1 Å². The lowest BCUT2D eigenvalue weighted by atomic mass is 10.1. The van der Waals surface area contributed by atoms with E-state index in [1.165, 1.54) is 0 Å². The fraction of sp³-hybridized carbons (Fsp3) is 0.500. The molecule has 0 radical (unpaired) electrons. The molecular formula is C14H20N4O2. The number of aromatic nitrogens is 1. The molecule has 2 amide bonds. The van der Waals surface area contributed by atoms with Gasteiger partial charge < -0.3 is 15.5 Å². The predicted octanol–water partition coefficient (Wildman–Crippen LogP) is -0.121. The summed E-state index contributed by atoms with van der Waals surface area (Å²) < 4.78 is 0. The molecule has 0 spiro atoms. The van der Waals surface area contributed by atoms with Gasteiger partial charge in [-0.1, -0.05) is 6.07 Å². The van der Waals surface area contributed by atoms with Gasteiger partial charge in [-0.05, 0) is 25.6 Å². The Morgan fingerprint density at radius 1 is 1.35 bits per heavy atom. The molecule has 1 aliphatic rings. The zero-order valence-electron chi connectivity index (χ0n) is 11.9. The van der Waals surface area contributed by atoms with Crippen molar-refractivity contribution in [3.8, 4) is 0 Å². The highest BCUT2D eigenvalue weighted by Gasteiger charge is 2.28. The molecule has 1 aliphatic heterocycles. The van der Waals surface area contributed by atoms with Crippen LogP contribution in [-0.2, 0) is 4.79 Å². The van der Waals surface area contributed by atoms with Crippen molar-refractivity contribution in [1.82, 2.24) is 14.8 Å². The zero-order valence-corrected chi connectivity index (χ0v) is 11.9. The Labute approximate surface area is 118 Å².